The number of pyridine rings is 1. The van der Waals surface area contributed by atoms with Crippen LogP contribution in [0, 0.1) is 13.8 Å². The van der Waals surface area contributed by atoms with Crippen molar-refractivity contribution in [2.45, 2.75) is 13.8 Å². The van der Waals surface area contributed by atoms with E-state index in [0.717, 1.165) is 10.3 Å². The normalized spacial score (nSPS) is 10.9. The van der Waals surface area contributed by atoms with E-state index >= 15 is 0 Å². The first-order valence-electron chi connectivity index (χ1n) is 3.78. The summed E-state index contributed by atoms with van der Waals surface area (Å²) in [5, 5.41) is 0. The van der Waals surface area contributed by atoms with Crippen LogP contribution in [0.1, 0.15) is 11.1 Å². The van der Waals surface area contributed by atoms with Crippen LogP contribution in [-0.4, -0.2) is 9.38 Å². The van der Waals surface area contributed by atoms with Crippen LogP contribution in [0.15, 0.2) is 23.1 Å². The molecule has 2 aromatic rings. The molecule has 0 atom stereocenters. The van der Waals surface area contributed by atoms with Gasteiger partial charge in [-0.1, -0.05) is 6.07 Å². The predicted molar refractivity (Wildman–Crippen MR) is 52.4 cm³/mol. The Bertz CT molecular complexity index is 431. The molecule has 0 aliphatic carbocycles. The maximum Gasteiger partial charge on any atom is 0.140 e. The Morgan fingerprint density at radius 3 is 2.92 bits per heavy atom. The number of hydrogen-bond acceptors (Lipinski definition) is 1. The molecule has 2 rings (SSSR count). The zero-order chi connectivity index (χ0) is 8.72. The van der Waals surface area contributed by atoms with Crippen molar-refractivity contribution in [2.75, 3.05) is 0 Å². The maximum absolute atomic E-state index is 4.27. The van der Waals surface area contributed by atoms with Crippen LogP contribution in [0.4, 0.5) is 0 Å². The molecule has 0 bridgehead atoms. The quantitative estimate of drug-likeness (QED) is 0.673. The minimum Gasteiger partial charge on any atom is -0.294 e. The minimum absolute atomic E-state index is 1.00. The molecule has 62 valence electrons. The lowest BCUT2D eigenvalue weighted by Crippen LogP contribution is -1.89. The smallest absolute Gasteiger partial charge is 0.140 e. The highest BCUT2D eigenvalue weighted by Crippen LogP contribution is 2.17. The molecule has 0 saturated carbocycles. The van der Waals surface area contributed by atoms with Gasteiger partial charge in [-0.3, -0.25) is 4.40 Å². The molecule has 0 unspecified atom stereocenters. The van der Waals surface area contributed by atoms with Crippen LogP contribution >= 0.6 is 15.9 Å². The molecule has 3 heteroatoms. The monoisotopic (exact) mass is 224 g/mol. The Balaban J connectivity index is 2.92. The predicted octanol–water partition coefficient (Wildman–Crippen LogP) is 2.71. The molecule has 2 nitrogen and oxygen atoms in total. The number of aryl methyl sites for hydroxylation is 2. The number of nitrogens with zero attached hydrogens (tertiary/aromatic N) is 2. The number of rotatable bonds is 0. The number of hydrogen-bond donors (Lipinski definition) is 0. The first-order chi connectivity index (χ1) is 5.68. The van der Waals surface area contributed by atoms with E-state index in [1.54, 1.807) is 0 Å². The van der Waals surface area contributed by atoms with Gasteiger partial charge < -0.3 is 0 Å². The van der Waals surface area contributed by atoms with Crippen molar-refractivity contribution >= 4 is 21.6 Å². The first kappa shape index (κ1) is 7.80. The van der Waals surface area contributed by atoms with Gasteiger partial charge in [0.15, 0.2) is 0 Å². The second-order valence-electron chi connectivity index (χ2n) is 2.97. The highest BCUT2D eigenvalue weighted by Gasteiger charge is 2.02. The summed E-state index contributed by atoms with van der Waals surface area (Å²) in [6.07, 6.45) is 3.89. The summed E-state index contributed by atoms with van der Waals surface area (Å²) >= 11 is 3.44. The molecular formula is C9H9BrN2. The summed E-state index contributed by atoms with van der Waals surface area (Å²) in [7, 11) is 0. The zero-order valence-electron chi connectivity index (χ0n) is 7.00. The summed E-state index contributed by atoms with van der Waals surface area (Å²) in [5.41, 5.74) is 3.48. The molecule has 0 aliphatic rings. The molecule has 0 aliphatic heterocycles. The summed E-state index contributed by atoms with van der Waals surface area (Å²) in [6.45, 7) is 4.15. The second-order valence-corrected chi connectivity index (χ2v) is 3.79. The van der Waals surface area contributed by atoms with Crippen LogP contribution in [0.2, 0.25) is 0 Å². The topological polar surface area (TPSA) is 17.3 Å². The van der Waals surface area contributed by atoms with Gasteiger partial charge in [0, 0.05) is 6.20 Å². The summed E-state index contributed by atoms with van der Waals surface area (Å²) < 4.78 is 3.05. The molecule has 12 heavy (non-hydrogen) atoms. The van der Waals surface area contributed by atoms with Crippen LogP contribution in [0.25, 0.3) is 5.65 Å². The molecule has 0 fully saturated rings. The number of fused-ring (bicyclic) bond motifs is 1. The van der Waals surface area contributed by atoms with Gasteiger partial charge in [-0.05, 0) is 40.9 Å². The Hall–Kier alpha value is -0.830. The molecule has 2 aromatic heterocycles. The molecule has 2 heterocycles. The molecule has 0 spiro atoms. The number of imidazole rings is 1. The first-order valence-corrected chi connectivity index (χ1v) is 4.57. The van der Waals surface area contributed by atoms with Gasteiger partial charge in [-0.25, -0.2) is 4.98 Å². The fraction of sp³-hybridized carbons (Fsp3) is 0.222. The third-order valence-electron chi connectivity index (χ3n) is 1.88. The van der Waals surface area contributed by atoms with Gasteiger partial charge in [0.05, 0.1) is 6.20 Å². The van der Waals surface area contributed by atoms with Crippen molar-refractivity contribution in [3.8, 4) is 0 Å². The third kappa shape index (κ3) is 1.05. The second kappa shape index (κ2) is 2.59. The average Bonchev–Trinajstić information content (AvgIpc) is 2.33. The van der Waals surface area contributed by atoms with Crippen LogP contribution in [-0.2, 0) is 0 Å². The molecule has 0 N–H and O–H groups in total. The lowest BCUT2D eigenvalue weighted by molar-refractivity contribution is 1.11. The lowest BCUT2D eigenvalue weighted by Gasteiger charge is -2.00. The Labute approximate surface area is 79.4 Å². The fourth-order valence-corrected chi connectivity index (χ4v) is 1.77. The molecule has 0 amide bonds. The van der Waals surface area contributed by atoms with E-state index in [-0.39, 0.29) is 0 Å². The Morgan fingerprint density at radius 2 is 2.17 bits per heavy atom. The highest BCUT2D eigenvalue weighted by atomic mass is 79.9. The van der Waals surface area contributed by atoms with Gasteiger partial charge in [0.25, 0.3) is 0 Å². The number of halogens is 1. The molecule has 0 aromatic carbocycles. The molecule has 0 radical (unpaired) electrons. The minimum atomic E-state index is 1.00. The summed E-state index contributed by atoms with van der Waals surface area (Å²) in [5.74, 6) is 0. The maximum atomic E-state index is 4.27. The summed E-state index contributed by atoms with van der Waals surface area (Å²) in [6, 6.07) is 2.13. The standard InChI is InChI=1S/C9H9BrN2/c1-6-3-7(2)9-11-4-8(10)12(9)5-6/h3-5H,1-2H3. The fourth-order valence-electron chi connectivity index (χ4n) is 1.40. The summed E-state index contributed by atoms with van der Waals surface area (Å²) in [4.78, 5) is 4.27. The van der Waals surface area contributed by atoms with Crippen LogP contribution in [0.5, 0.6) is 0 Å². The van der Waals surface area contributed by atoms with Gasteiger partial charge in [-0.15, -0.1) is 0 Å². The van der Waals surface area contributed by atoms with Crippen molar-refractivity contribution in [3.63, 3.8) is 0 Å². The van der Waals surface area contributed by atoms with Gasteiger partial charge in [0.2, 0.25) is 0 Å². The van der Waals surface area contributed by atoms with Crippen molar-refractivity contribution in [3.05, 3.63) is 34.2 Å². The van der Waals surface area contributed by atoms with Gasteiger partial charge >= 0.3 is 0 Å². The van der Waals surface area contributed by atoms with Crippen LogP contribution in [0.3, 0.4) is 0 Å². The van der Waals surface area contributed by atoms with E-state index in [9.17, 15) is 0 Å². The highest BCUT2D eigenvalue weighted by molar-refractivity contribution is 9.10. The van der Waals surface area contributed by atoms with E-state index in [1.807, 2.05) is 10.6 Å². The van der Waals surface area contributed by atoms with E-state index in [2.05, 4.69) is 47.0 Å². The van der Waals surface area contributed by atoms with E-state index in [0.29, 0.717) is 0 Å². The zero-order valence-corrected chi connectivity index (χ0v) is 8.59. The third-order valence-corrected chi connectivity index (χ3v) is 2.47. The Kier molecular flexibility index (Phi) is 1.68. The van der Waals surface area contributed by atoms with Crippen molar-refractivity contribution in [1.82, 2.24) is 9.38 Å². The Morgan fingerprint density at radius 1 is 1.42 bits per heavy atom. The SMILES string of the molecule is Cc1cc(C)c2ncc(Br)n2c1. The van der Waals surface area contributed by atoms with E-state index < -0.39 is 0 Å². The van der Waals surface area contributed by atoms with Crippen molar-refractivity contribution in [1.29, 1.82) is 0 Å². The average molecular weight is 225 g/mol. The van der Waals surface area contributed by atoms with Gasteiger partial charge in [0.1, 0.15) is 10.3 Å². The van der Waals surface area contributed by atoms with Crippen LogP contribution < -0.4 is 0 Å². The van der Waals surface area contributed by atoms with Gasteiger partial charge in [-0.2, -0.15) is 0 Å². The number of aromatic nitrogens is 2. The van der Waals surface area contributed by atoms with Crippen molar-refractivity contribution < 1.29 is 0 Å². The van der Waals surface area contributed by atoms with E-state index in [4.69, 9.17) is 0 Å². The van der Waals surface area contributed by atoms with E-state index in [1.165, 1.54) is 11.1 Å². The molecular weight excluding hydrogens is 216 g/mol. The lowest BCUT2D eigenvalue weighted by atomic mass is 10.2. The largest absolute Gasteiger partial charge is 0.294 e. The molecule has 0 saturated heterocycles. The van der Waals surface area contributed by atoms with Crippen molar-refractivity contribution in [2.24, 2.45) is 0 Å².